The predicted molar refractivity (Wildman–Crippen MR) is 95.5 cm³/mol. The maximum Gasteiger partial charge on any atom is 1.00 e. The molecule has 0 saturated carbocycles. The molecule has 0 radical (unpaired) electrons. The van der Waals surface area contributed by atoms with Crippen LogP contribution in [0.2, 0.25) is 0 Å². The molecule has 0 aromatic heterocycles. The van der Waals surface area contributed by atoms with E-state index in [-0.39, 0.29) is 70.6 Å². The number of hydrogen-bond acceptors (Lipinski definition) is 8. The van der Waals surface area contributed by atoms with E-state index < -0.39 is 7.82 Å². The van der Waals surface area contributed by atoms with Gasteiger partial charge in [-0.15, -0.1) is 0 Å². The fourth-order valence-electron chi connectivity index (χ4n) is 2.48. The molecule has 29 heavy (non-hydrogen) atoms. The Morgan fingerprint density at radius 2 is 1.28 bits per heavy atom. The average Bonchev–Trinajstić information content (AvgIpc) is 2.64. The van der Waals surface area contributed by atoms with E-state index in [4.69, 9.17) is 18.9 Å². The Hall–Kier alpha value is -0.670. The van der Waals surface area contributed by atoms with Gasteiger partial charge in [0.05, 0.1) is 28.4 Å². The fraction of sp³-hybridized carbons (Fsp3) is 0.222. The Labute approximate surface area is 214 Å². The average molecular weight is 440 g/mol. The normalized spacial score (nSPS) is 10.1. The number of phosphoric ester groups is 1. The number of hydrogen-bond donors (Lipinski definition) is 0. The van der Waals surface area contributed by atoms with Crippen LogP contribution < -0.4 is 92.4 Å². The van der Waals surface area contributed by atoms with Crippen molar-refractivity contribution in [1.29, 1.82) is 0 Å². The molecule has 0 fully saturated rings. The van der Waals surface area contributed by atoms with Crippen LogP contribution >= 0.6 is 7.82 Å². The number of benzene rings is 2. The second-order valence-electron chi connectivity index (χ2n) is 5.30. The smallest absolute Gasteiger partial charge is 0.780 e. The van der Waals surface area contributed by atoms with Crippen molar-refractivity contribution in [2.24, 2.45) is 0 Å². The first kappa shape index (κ1) is 28.3. The molecule has 0 aliphatic rings. The monoisotopic (exact) mass is 440 g/mol. The van der Waals surface area contributed by atoms with E-state index in [1.54, 1.807) is 18.2 Å². The minimum absolute atomic E-state index is 0. The number of methoxy groups -OCH3 is 4. The number of phosphoric acid groups is 1. The van der Waals surface area contributed by atoms with E-state index in [0.717, 1.165) is 0 Å². The van der Waals surface area contributed by atoms with Crippen LogP contribution in [0.3, 0.4) is 0 Å². The minimum Gasteiger partial charge on any atom is -0.780 e. The van der Waals surface area contributed by atoms with Gasteiger partial charge in [-0.25, -0.2) is 0 Å². The van der Waals surface area contributed by atoms with Crippen molar-refractivity contribution in [3.63, 3.8) is 0 Å². The van der Waals surface area contributed by atoms with Crippen molar-refractivity contribution in [2.75, 3.05) is 28.4 Å². The predicted octanol–water partition coefficient (Wildman–Crippen LogP) is -4.00. The van der Waals surface area contributed by atoms with Crippen molar-refractivity contribution in [2.45, 2.75) is 0 Å². The van der Waals surface area contributed by atoms with Crippen molar-refractivity contribution >= 4 is 13.4 Å². The standard InChI is InChI=1S/C18H21O8P.2Na/c1-11(13-9-16(23-3)18(25-5)17(10-13)24-4)12-6-7-14(22-2)15(8-12)26-27(19,20)21;;/h6-10H,1H2,2-5H3,(H2,19,20,21);;/q;2*+1/p-2. The molecule has 0 N–H and O–H groups in total. The zero-order valence-corrected chi connectivity index (χ0v) is 22.2. The summed E-state index contributed by atoms with van der Waals surface area (Å²) in [6, 6.07) is 7.87. The van der Waals surface area contributed by atoms with Crippen LogP contribution in [0.15, 0.2) is 36.9 Å². The first-order valence-electron chi connectivity index (χ1n) is 7.63. The van der Waals surface area contributed by atoms with Crippen LogP contribution in [0.1, 0.15) is 11.1 Å². The van der Waals surface area contributed by atoms with Crippen molar-refractivity contribution in [3.05, 3.63) is 48.0 Å². The Bertz CT molecular complexity index is 872. The molecule has 0 aliphatic heterocycles. The van der Waals surface area contributed by atoms with Crippen LogP contribution in [0.25, 0.3) is 5.57 Å². The molecule has 0 amide bonds. The molecule has 0 unspecified atom stereocenters. The van der Waals surface area contributed by atoms with Gasteiger partial charge < -0.3 is 37.8 Å². The van der Waals surface area contributed by atoms with Crippen LogP contribution in [-0.2, 0) is 4.57 Å². The Morgan fingerprint density at radius 1 is 0.793 bits per heavy atom. The van der Waals surface area contributed by atoms with E-state index >= 15 is 0 Å². The number of ether oxygens (including phenoxy) is 4. The van der Waals surface area contributed by atoms with Crippen molar-refractivity contribution in [3.8, 4) is 28.7 Å². The minimum atomic E-state index is -5.25. The third-order valence-electron chi connectivity index (χ3n) is 3.74. The summed E-state index contributed by atoms with van der Waals surface area (Å²) in [5, 5.41) is 0. The zero-order chi connectivity index (χ0) is 20.2. The largest absolute Gasteiger partial charge is 1.00 e. The first-order chi connectivity index (χ1) is 12.7. The zero-order valence-electron chi connectivity index (χ0n) is 17.3. The summed E-state index contributed by atoms with van der Waals surface area (Å²) in [6.07, 6.45) is 0. The summed E-state index contributed by atoms with van der Waals surface area (Å²) in [5.74, 6) is 1.16. The van der Waals surface area contributed by atoms with Crippen molar-refractivity contribution < 1.29 is 96.9 Å². The Balaban J connectivity index is 0.00000392. The van der Waals surface area contributed by atoms with Gasteiger partial charge in [-0.2, -0.15) is 0 Å². The molecule has 8 nitrogen and oxygen atoms in total. The Morgan fingerprint density at radius 3 is 1.69 bits per heavy atom. The maximum absolute atomic E-state index is 11.0. The summed E-state index contributed by atoms with van der Waals surface area (Å²) < 4.78 is 36.4. The molecule has 0 spiro atoms. The molecule has 11 heteroatoms. The van der Waals surface area contributed by atoms with Gasteiger partial charge >= 0.3 is 59.1 Å². The van der Waals surface area contributed by atoms with Gasteiger partial charge in [0.25, 0.3) is 0 Å². The van der Waals surface area contributed by atoms with Crippen LogP contribution in [0, 0.1) is 0 Å². The fourth-order valence-corrected chi connectivity index (χ4v) is 2.86. The summed E-state index contributed by atoms with van der Waals surface area (Å²) in [6.45, 7) is 4.02. The van der Waals surface area contributed by atoms with Gasteiger partial charge in [-0.1, -0.05) is 12.6 Å². The SMILES string of the molecule is C=C(c1ccc(OC)c(OP(=O)([O-])[O-])c1)c1cc(OC)c(OC)c(OC)c1.[Na+].[Na+]. The van der Waals surface area contributed by atoms with Crippen LogP contribution in [0.5, 0.6) is 28.7 Å². The molecule has 0 bridgehead atoms. The van der Waals surface area contributed by atoms with E-state index in [1.165, 1.54) is 40.6 Å². The van der Waals surface area contributed by atoms with Gasteiger partial charge in [-0.05, 0) is 41.0 Å². The third-order valence-corrected chi connectivity index (χ3v) is 4.16. The molecule has 0 heterocycles. The number of rotatable bonds is 8. The third kappa shape index (κ3) is 7.21. The van der Waals surface area contributed by atoms with Crippen LogP contribution in [-0.4, -0.2) is 28.4 Å². The van der Waals surface area contributed by atoms with Gasteiger partial charge in [0.15, 0.2) is 23.0 Å². The molecular formula is C18H19Na2O8P. The molecule has 146 valence electrons. The maximum atomic E-state index is 11.0. The summed E-state index contributed by atoms with van der Waals surface area (Å²) in [5.41, 5.74) is 1.65. The molecule has 2 aromatic carbocycles. The molecule has 0 saturated heterocycles. The molecular weight excluding hydrogens is 421 g/mol. The topological polar surface area (TPSA) is 109 Å². The van der Waals surface area contributed by atoms with Crippen LogP contribution in [0.4, 0.5) is 0 Å². The van der Waals surface area contributed by atoms with Crippen molar-refractivity contribution in [1.82, 2.24) is 0 Å². The molecule has 2 aromatic rings. The van der Waals surface area contributed by atoms with E-state index in [0.29, 0.717) is 33.9 Å². The van der Waals surface area contributed by atoms with Gasteiger partial charge in [0.2, 0.25) is 5.75 Å². The summed E-state index contributed by atoms with van der Waals surface area (Å²) in [7, 11) is 0.548. The van der Waals surface area contributed by atoms with E-state index in [1.807, 2.05) is 0 Å². The van der Waals surface area contributed by atoms with Gasteiger partial charge in [-0.3, -0.25) is 0 Å². The molecule has 0 aliphatic carbocycles. The quantitative estimate of drug-likeness (QED) is 0.302. The Kier molecular flexibility index (Phi) is 12.0. The molecule has 2 rings (SSSR count). The second kappa shape index (κ2) is 12.2. The summed E-state index contributed by atoms with van der Waals surface area (Å²) >= 11 is 0. The molecule has 0 atom stereocenters. The second-order valence-corrected chi connectivity index (χ2v) is 6.37. The summed E-state index contributed by atoms with van der Waals surface area (Å²) in [4.78, 5) is 22.0. The van der Waals surface area contributed by atoms with E-state index in [2.05, 4.69) is 11.1 Å². The van der Waals surface area contributed by atoms with E-state index in [9.17, 15) is 14.4 Å². The van der Waals surface area contributed by atoms with Gasteiger partial charge in [0, 0.05) is 0 Å². The first-order valence-corrected chi connectivity index (χ1v) is 9.09. The van der Waals surface area contributed by atoms with Gasteiger partial charge in [0.1, 0.15) is 7.82 Å².